The fourth-order valence-electron chi connectivity index (χ4n) is 5.53. The van der Waals surface area contributed by atoms with Gasteiger partial charge in [-0.1, -0.05) is 42.5 Å². The maximum atomic E-state index is 13.5. The quantitative estimate of drug-likeness (QED) is 0.575. The number of carbonyl (C=O) groups is 3. The lowest BCUT2D eigenvalue weighted by atomic mass is 9.63. The van der Waals surface area contributed by atoms with Gasteiger partial charge in [0.05, 0.1) is 25.0 Å². The number of carbonyl (C=O) groups excluding carboxylic acids is 3. The first kappa shape index (κ1) is 18.6. The molecule has 0 N–H and O–H groups in total. The predicted octanol–water partition coefficient (Wildman–Crippen LogP) is 1.65. The Bertz CT molecular complexity index is 814. The van der Waals surface area contributed by atoms with Gasteiger partial charge >= 0.3 is 0 Å². The SMILES string of the molecule is O=C([C@H](Cc1ccccc1)N1C(=O)[C@@H]2[C@H](C1=O)[C@H]1C=C[C@H]2CC1)N1CCOCC1. The van der Waals surface area contributed by atoms with E-state index >= 15 is 0 Å². The summed E-state index contributed by atoms with van der Waals surface area (Å²) in [5, 5.41) is 0. The molecule has 6 nitrogen and oxygen atoms in total. The largest absolute Gasteiger partial charge is 0.378 e. The number of ether oxygens (including phenoxy) is 1. The summed E-state index contributed by atoms with van der Waals surface area (Å²) in [7, 11) is 0. The highest BCUT2D eigenvalue weighted by atomic mass is 16.5. The van der Waals surface area contributed by atoms with Gasteiger partial charge in [-0.05, 0) is 30.2 Å². The standard InChI is InChI=1S/C23H26N2O4/c26-21(24-10-12-29-13-11-24)18(14-15-4-2-1-3-5-15)25-22(27)19-16-6-7-17(9-8-16)20(19)23(25)28/h1-7,16-20H,8-14H2/t16-,17-,18-,19-,20+/m0/s1. The molecule has 1 aromatic rings. The van der Waals surface area contributed by atoms with Gasteiger partial charge in [0, 0.05) is 19.5 Å². The van der Waals surface area contributed by atoms with Crippen LogP contribution in [0, 0.1) is 23.7 Å². The van der Waals surface area contributed by atoms with Crippen LogP contribution in [0.2, 0.25) is 0 Å². The third-order valence-electron chi connectivity index (χ3n) is 6.98. The highest BCUT2D eigenvalue weighted by Gasteiger charge is 2.58. The molecule has 0 aromatic heterocycles. The van der Waals surface area contributed by atoms with E-state index in [2.05, 4.69) is 12.2 Å². The summed E-state index contributed by atoms with van der Waals surface area (Å²) in [6.07, 6.45) is 6.49. The zero-order chi connectivity index (χ0) is 20.0. The van der Waals surface area contributed by atoms with E-state index in [1.165, 1.54) is 4.90 Å². The molecular weight excluding hydrogens is 368 g/mol. The number of allylic oxidation sites excluding steroid dienone is 2. The Morgan fingerprint density at radius 3 is 2.10 bits per heavy atom. The Balaban J connectivity index is 1.48. The maximum absolute atomic E-state index is 13.5. The second-order valence-corrected chi connectivity index (χ2v) is 8.53. The molecule has 5 atom stereocenters. The fourth-order valence-corrected chi connectivity index (χ4v) is 5.53. The second-order valence-electron chi connectivity index (χ2n) is 8.53. The van der Waals surface area contributed by atoms with Gasteiger partial charge in [0.2, 0.25) is 17.7 Å². The van der Waals surface area contributed by atoms with E-state index in [1.807, 2.05) is 30.3 Å². The molecule has 1 aromatic carbocycles. The normalized spacial score (nSPS) is 31.9. The van der Waals surface area contributed by atoms with Gasteiger partial charge in [-0.3, -0.25) is 19.3 Å². The van der Waals surface area contributed by atoms with Gasteiger partial charge in [-0.15, -0.1) is 0 Å². The molecule has 0 spiro atoms. The van der Waals surface area contributed by atoms with Gasteiger partial charge in [0.1, 0.15) is 6.04 Å². The molecule has 3 aliphatic carbocycles. The highest BCUT2D eigenvalue weighted by molar-refractivity contribution is 6.09. The minimum atomic E-state index is -0.777. The van der Waals surface area contributed by atoms with Gasteiger partial charge in [0.15, 0.2) is 0 Å². The molecule has 1 saturated carbocycles. The smallest absolute Gasteiger partial charge is 0.246 e. The van der Waals surface area contributed by atoms with Crippen molar-refractivity contribution in [2.45, 2.75) is 25.3 Å². The monoisotopic (exact) mass is 394 g/mol. The second kappa shape index (κ2) is 7.41. The van der Waals surface area contributed by atoms with E-state index in [0.29, 0.717) is 32.7 Å². The summed E-state index contributed by atoms with van der Waals surface area (Å²) in [5.41, 5.74) is 0.954. The van der Waals surface area contributed by atoms with Crippen LogP contribution in [0.4, 0.5) is 0 Å². The molecule has 2 aliphatic heterocycles. The number of fused-ring (bicyclic) bond motifs is 1. The average molecular weight is 394 g/mol. The zero-order valence-corrected chi connectivity index (χ0v) is 16.4. The van der Waals surface area contributed by atoms with Crippen LogP contribution in [0.25, 0.3) is 0 Å². The van der Waals surface area contributed by atoms with Crippen LogP contribution < -0.4 is 0 Å². The topological polar surface area (TPSA) is 66.9 Å². The van der Waals surface area contributed by atoms with E-state index < -0.39 is 6.04 Å². The van der Waals surface area contributed by atoms with Crippen LogP contribution >= 0.6 is 0 Å². The maximum Gasteiger partial charge on any atom is 0.246 e. The van der Waals surface area contributed by atoms with E-state index in [1.54, 1.807) is 4.90 Å². The number of likely N-dealkylation sites (tertiary alicyclic amines) is 1. The van der Waals surface area contributed by atoms with Gasteiger partial charge in [0.25, 0.3) is 0 Å². The number of morpholine rings is 1. The van der Waals surface area contributed by atoms with Crippen molar-refractivity contribution in [2.75, 3.05) is 26.3 Å². The van der Waals surface area contributed by atoms with E-state index in [9.17, 15) is 14.4 Å². The van der Waals surface area contributed by atoms with Crippen molar-refractivity contribution in [1.29, 1.82) is 0 Å². The highest BCUT2D eigenvalue weighted by Crippen LogP contribution is 2.50. The first-order chi connectivity index (χ1) is 14.1. The van der Waals surface area contributed by atoms with Crippen LogP contribution in [-0.2, 0) is 25.5 Å². The van der Waals surface area contributed by atoms with E-state index in [-0.39, 0.29) is 41.4 Å². The van der Waals surface area contributed by atoms with Gasteiger partial charge in [-0.2, -0.15) is 0 Å². The van der Waals surface area contributed by atoms with Crippen molar-refractivity contribution in [3.8, 4) is 0 Å². The summed E-state index contributed by atoms with van der Waals surface area (Å²) in [6.45, 7) is 1.98. The average Bonchev–Trinajstić information content (AvgIpc) is 3.06. The molecule has 0 radical (unpaired) electrons. The predicted molar refractivity (Wildman–Crippen MR) is 106 cm³/mol. The van der Waals surface area contributed by atoms with Crippen LogP contribution in [0.1, 0.15) is 18.4 Å². The van der Waals surface area contributed by atoms with Crippen LogP contribution in [-0.4, -0.2) is 59.9 Å². The first-order valence-corrected chi connectivity index (χ1v) is 10.6. The van der Waals surface area contributed by atoms with Crippen molar-refractivity contribution >= 4 is 17.7 Å². The van der Waals surface area contributed by atoms with Crippen molar-refractivity contribution < 1.29 is 19.1 Å². The lowest BCUT2D eigenvalue weighted by Gasteiger charge is -2.38. The molecule has 5 aliphatic rings. The fraction of sp³-hybridized carbons (Fsp3) is 0.522. The summed E-state index contributed by atoms with van der Waals surface area (Å²) >= 11 is 0. The van der Waals surface area contributed by atoms with Crippen molar-refractivity contribution in [1.82, 2.24) is 9.80 Å². The molecule has 6 rings (SSSR count). The molecule has 2 saturated heterocycles. The lowest BCUT2D eigenvalue weighted by molar-refractivity contribution is -0.153. The number of rotatable bonds is 4. The molecule has 6 heteroatoms. The Morgan fingerprint density at radius 1 is 0.966 bits per heavy atom. The minimum absolute atomic E-state index is 0.127. The number of benzene rings is 1. The molecule has 3 amide bonds. The van der Waals surface area contributed by atoms with Gasteiger partial charge < -0.3 is 9.64 Å². The third kappa shape index (κ3) is 3.10. The number of hydrogen-bond donors (Lipinski definition) is 0. The van der Waals surface area contributed by atoms with Crippen molar-refractivity contribution in [2.24, 2.45) is 23.7 Å². The van der Waals surface area contributed by atoms with E-state index in [0.717, 1.165) is 18.4 Å². The summed E-state index contributed by atoms with van der Waals surface area (Å²) in [4.78, 5) is 43.4. The Kier molecular flexibility index (Phi) is 4.74. The number of imide groups is 1. The molecule has 2 bridgehead atoms. The molecular formula is C23H26N2O4. The molecule has 29 heavy (non-hydrogen) atoms. The summed E-state index contributed by atoms with van der Waals surface area (Å²) in [5.74, 6) is -0.769. The molecule has 2 heterocycles. The molecule has 3 fully saturated rings. The molecule has 0 unspecified atom stereocenters. The van der Waals surface area contributed by atoms with Crippen LogP contribution in [0.5, 0.6) is 0 Å². The summed E-state index contributed by atoms with van der Waals surface area (Å²) < 4.78 is 5.38. The van der Waals surface area contributed by atoms with Crippen molar-refractivity contribution in [3.63, 3.8) is 0 Å². The summed E-state index contributed by atoms with van der Waals surface area (Å²) in [6, 6.07) is 8.88. The Hall–Kier alpha value is -2.47. The molecule has 152 valence electrons. The van der Waals surface area contributed by atoms with Crippen LogP contribution in [0.15, 0.2) is 42.5 Å². The van der Waals surface area contributed by atoms with Crippen molar-refractivity contribution in [3.05, 3.63) is 48.0 Å². The Morgan fingerprint density at radius 2 is 1.55 bits per heavy atom. The van der Waals surface area contributed by atoms with Gasteiger partial charge in [-0.25, -0.2) is 0 Å². The first-order valence-electron chi connectivity index (χ1n) is 10.6. The zero-order valence-electron chi connectivity index (χ0n) is 16.4. The van der Waals surface area contributed by atoms with E-state index in [4.69, 9.17) is 4.74 Å². The number of hydrogen-bond acceptors (Lipinski definition) is 4. The lowest BCUT2D eigenvalue weighted by Crippen LogP contribution is -2.54. The third-order valence-corrected chi connectivity index (χ3v) is 6.98. The minimum Gasteiger partial charge on any atom is -0.378 e. The number of nitrogens with zero attached hydrogens (tertiary/aromatic N) is 2. The van der Waals surface area contributed by atoms with Crippen LogP contribution in [0.3, 0.4) is 0 Å². The number of amides is 3. The Labute approximate surface area is 170 Å².